The number of hydrogen-bond acceptors (Lipinski definition) is 4. The molecule has 2 rings (SSSR count). The van der Waals surface area contributed by atoms with Crippen molar-refractivity contribution in [2.24, 2.45) is 0 Å². The fraction of sp³-hybridized carbons (Fsp3) is 0.231. The van der Waals surface area contributed by atoms with Crippen LogP contribution in [0.2, 0.25) is 0 Å². The fourth-order valence-electron chi connectivity index (χ4n) is 1.82. The summed E-state index contributed by atoms with van der Waals surface area (Å²) in [4.78, 5) is 0. The van der Waals surface area contributed by atoms with Gasteiger partial charge in [0.05, 0.1) is 6.26 Å². The van der Waals surface area contributed by atoms with Gasteiger partial charge in [0.25, 0.3) is 10.1 Å². The number of fused-ring (bicyclic) bond motifs is 1. The lowest BCUT2D eigenvalue weighted by Crippen LogP contribution is -2.28. The second kappa shape index (κ2) is 4.35. The zero-order valence-corrected chi connectivity index (χ0v) is 10.9. The van der Waals surface area contributed by atoms with Gasteiger partial charge in [-0.25, -0.2) is 4.18 Å². The standard InChI is InChI=1S/C13H14O4S/c1-13(14,17-18(2,15)16)12-8-7-10-5-3-4-6-11(10)9-12/h3-9,14H,1-2H3. The van der Waals surface area contributed by atoms with E-state index in [4.69, 9.17) is 0 Å². The molecule has 0 fully saturated rings. The van der Waals surface area contributed by atoms with Crippen LogP contribution in [-0.4, -0.2) is 19.8 Å². The number of hydrogen-bond donors (Lipinski definition) is 1. The molecule has 0 aliphatic heterocycles. The van der Waals surface area contributed by atoms with Gasteiger partial charge in [0, 0.05) is 5.56 Å². The molecule has 0 bridgehead atoms. The molecule has 5 heteroatoms. The molecular weight excluding hydrogens is 252 g/mol. The molecule has 0 saturated carbocycles. The molecule has 0 saturated heterocycles. The van der Waals surface area contributed by atoms with Crippen molar-refractivity contribution in [1.82, 2.24) is 0 Å². The maximum Gasteiger partial charge on any atom is 0.267 e. The van der Waals surface area contributed by atoms with Gasteiger partial charge in [0.15, 0.2) is 0 Å². The summed E-state index contributed by atoms with van der Waals surface area (Å²) in [6.07, 6.45) is 0.905. The molecule has 1 atom stereocenters. The predicted molar refractivity (Wildman–Crippen MR) is 69.4 cm³/mol. The number of aliphatic hydroxyl groups is 1. The molecule has 0 aromatic heterocycles. The molecule has 0 radical (unpaired) electrons. The van der Waals surface area contributed by atoms with E-state index in [9.17, 15) is 13.5 Å². The summed E-state index contributed by atoms with van der Waals surface area (Å²) in [7, 11) is -3.73. The summed E-state index contributed by atoms with van der Waals surface area (Å²) in [6.45, 7) is 1.30. The Hall–Kier alpha value is -1.43. The lowest BCUT2D eigenvalue weighted by Gasteiger charge is -2.22. The Kier molecular flexibility index (Phi) is 3.14. The molecule has 0 heterocycles. The van der Waals surface area contributed by atoms with Gasteiger partial charge < -0.3 is 5.11 Å². The summed E-state index contributed by atoms with van der Waals surface area (Å²) >= 11 is 0. The first-order valence-electron chi connectivity index (χ1n) is 5.40. The average Bonchev–Trinajstić information content (AvgIpc) is 2.25. The monoisotopic (exact) mass is 266 g/mol. The Morgan fingerprint density at radius 2 is 1.72 bits per heavy atom. The minimum absolute atomic E-state index is 0.395. The van der Waals surface area contributed by atoms with Crippen LogP contribution < -0.4 is 0 Å². The fourth-order valence-corrected chi connectivity index (χ4v) is 2.51. The Labute approximate surface area is 106 Å². The first kappa shape index (κ1) is 13.0. The molecule has 0 amide bonds. The topological polar surface area (TPSA) is 63.6 Å². The van der Waals surface area contributed by atoms with Crippen LogP contribution in [-0.2, 0) is 20.1 Å². The SMILES string of the molecule is CC(O)(OS(C)(=O)=O)c1ccc2ccccc2c1. The number of benzene rings is 2. The summed E-state index contributed by atoms with van der Waals surface area (Å²) in [5, 5.41) is 12.0. The van der Waals surface area contributed by atoms with E-state index in [-0.39, 0.29) is 0 Å². The molecular formula is C13H14O4S. The van der Waals surface area contributed by atoms with Crippen LogP contribution in [0.3, 0.4) is 0 Å². The van der Waals surface area contributed by atoms with Crippen LogP contribution in [0.5, 0.6) is 0 Å². The van der Waals surface area contributed by atoms with Gasteiger partial charge in [0.1, 0.15) is 0 Å². The first-order valence-corrected chi connectivity index (χ1v) is 7.22. The van der Waals surface area contributed by atoms with Gasteiger partial charge in [-0.2, -0.15) is 8.42 Å². The van der Waals surface area contributed by atoms with Crippen LogP contribution in [0, 0.1) is 0 Å². The first-order chi connectivity index (χ1) is 8.28. The molecule has 2 aromatic carbocycles. The highest BCUT2D eigenvalue weighted by Crippen LogP contribution is 2.27. The Morgan fingerprint density at radius 3 is 2.33 bits per heavy atom. The van der Waals surface area contributed by atoms with Gasteiger partial charge >= 0.3 is 0 Å². The van der Waals surface area contributed by atoms with Crippen molar-refractivity contribution >= 4 is 20.9 Å². The van der Waals surface area contributed by atoms with Crippen molar-refractivity contribution < 1.29 is 17.7 Å². The van der Waals surface area contributed by atoms with E-state index >= 15 is 0 Å². The van der Waals surface area contributed by atoms with Crippen LogP contribution in [0.15, 0.2) is 42.5 Å². The van der Waals surface area contributed by atoms with Crippen molar-refractivity contribution in [3.05, 3.63) is 48.0 Å². The van der Waals surface area contributed by atoms with Crippen LogP contribution >= 0.6 is 0 Å². The second-order valence-electron chi connectivity index (χ2n) is 4.33. The van der Waals surface area contributed by atoms with Crippen molar-refractivity contribution in [3.63, 3.8) is 0 Å². The largest absolute Gasteiger partial charge is 0.361 e. The molecule has 2 aromatic rings. The van der Waals surface area contributed by atoms with Crippen LogP contribution in [0.25, 0.3) is 10.8 Å². The van der Waals surface area contributed by atoms with Crippen molar-refractivity contribution in [2.45, 2.75) is 12.7 Å². The molecule has 4 nitrogen and oxygen atoms in total. The van der Waals surface area contributed by atoms with E-state index < -0.39 is 15.9 Å². The number of rotatable bonds is 3. The summed E-state index contributed by atoms with van der Waals surface area (Å²) in [5.74, 6) is -1.86. The third-order valence-corrected chi connectivity index (χ3v) is 3.23. The van der Waals surface area contributed by atoms with Gasteiger partial charge in [-0.3, -0.25) is 0 Å². The molecule has 1 unspecified atom stereocenters. The molecule has 0 aliphatic carbocycles. The van der Waals surface area contributed by atoms with Gasteiger partial charge in [-0.15, -0.1) is 0 Å². The molecule has 18 heavy (non-hydrogen) atoms. The van der Waals surface area contributed by atoms with E-state index in [1.165, 1.54) is 6.92 Å². The predicted octanol–water partition coefficient (Wildman–Crippen LogP) is 1.98. The molecule has 1 N–H and O–H groups in total. The molecule has 0 aliphatic rings. The van der Waals surface area contributed by atoms with Gasteiger partial charge in [0.2, 0.25) is 5.79 Å². The van der Waals surface area contributed by atoms with Crippen LogP contribution in [0.1, 0.15) is 12.5 Å². The van der Waals surface area contributed by atoms with E-state index in [0.29, 0.717) is 5.56 Å². The minimum atomic E-state index is -3.73. The van der Waals surface area contributed by atoms with Gasteiger partial charge in [-0.1, -0.05) is 36.4 Å². The smallest absolute Gasteiger partial charge is 0.267 e. The Morgan fingerprint density at radius 1 is 1.11 bits per heavy atom. The summed E-state index contributed by atoms with van der Waals surface area (Å²) in [5.41, 5.74) is 0.395. The molecule has 96 valence electrons. The van der Waals surface area contributed by atoms with E-state index in [2.05, 4.69) is 4.18 Å². The average molecular weight is 266 g/mol. The quantitative estimate of drug-likeness (QED) is 0.681. The Balaban J connectivity index is 2.47. The third-order valence-electron chi connectivity index (χ3n) is 2.60. The molecule has 0 spiro atoms. The van der Waals surface area contributed by atoms with Crippen molar-refractivity contribution in [1.29, 1.82) is 0 Å². The highest BCUT2D eigenvalue weighted by molar-refractivity contribution is 7.86. The summed E-state index contributed by atoms with van der Waals surface area (Å²) in [6, 6.07) is 12.8. The lowest BCUT2D eigenvalue weighted by molar-refractivity contribution is -0.124. The normalized spacial score (nSPS) is 15.5. The lowest BCUT2D eigenvalue weighted by atomic mass is 10.0. The third kappa shape index (κ3) is 2.87. The maximum absolute atomic E-state index is 11.1. The van der Waals surface area contributed by atoms with E-state index in [1.54, 1.807) is 12.1 Å². The van der Waals surface area contributed by atoms with Crippen molar-refractivity contribution in [3.8, 4) is 0 Å². The van der Waals surface area contributed by atoms with E-state index in [0.717, 1.165) is 17.0 Å². The van der Waals surface area contributed by atoms with E-state index in [1.807, 2.05) is 30.3 Å². The Bertz CT molecular complexity index is 674. The zero-order valence-electron chi connectivity index (χ0n) is 10.1. The van der Waals surface area contributed by atoms with Gasteiger partial charge in [-0.05, 0) is 23.8 Å². The maximum atomic E-state index is 11.1. The minimum Gasteiger partial charge on any atom is -0.361 e. The zero-order chi connectivity index (χ0) is 13.4. The second-order valence-corrected chi connectivity index (χ2v) is 5.91. The highest BCUT2D eigenvalue weighted by atomic mass is 32.2. The highest BCUT2D eigenvalue weighted by Gasteiger charge is 2.29. The van der Waals surface area contributed by atoms with Crippen LogP contribution in [0.4, 0.5) is 0 Å². The summed E-state index contributed by atoms with van der Waals surface area (Å²) < 4.78 is 26.9. The van der Waals surface area contributed by atoms with Crippen molar-refractivity contribution in [2.75, 3.05) is 6.26 Å².